The first-order valence-electron chi connectivity index (χ1n) is 5.72. The highest BCUT2D eigenvalue weighted by molar-refractivity contribution is 6.30. The molecule has 1 aliphatic heterocycles. The van der Waals surface area contributed by atoms with Crippen molar-refractivity contribution < 1.29 is 0 Å². The first-order chi connectivity index (χ1) is 7.24. The zero-order valence-corrected chi connectivity index (χ0v) is 9.93. The Balaban J connectivity index is 1.89. The number of hydrogen-bond acceptors (Lipinski definition) is 1. The van der Waals surface area contributed by atoms with Crippen LogP contribution in [0.4, 0.5) is 0 Å². The topological polar surface area (TPSA) is 12.0 Å². The summed E-state index contributed by atoms with van der Waals surface area (Å²) in [7, 11) is 0. The molecule has 0 amide bonds. The van der Waals surface area contributed by atoms with Gasteiger partial charge < -0.3 is 5.32 Å². The van der Waals surface area contributed by atoms with E-state index in [1.165, 1.54) is 18.4 Å². The molecule has 1 aromatic rings. The van der Waals surface area contributed by atoms with Crippen LogP contribution in [0.15, 0.2) is 24.3 Å². The molecule has 0 spiro atoms. The summed E-state index contributed by atoms with van der Waals surface area (Å²) in [4.78, 5) is 0. The lowest BCUT2D eigenvalue weighted by atomic mass is 9.92. The van der Waals surface area contributed by atoms with Crippen molar-refractivity contribution in [3.05, 3.63) is 34.9 Å². The summed E-state index contributed by atoms with van der Waals surface area (Å²) < 4.78 is 0. The summed E-state index contributed by atoms with van der Waals surface area (Å²) in [5.74, 6) is 0.839. The van der Waals surface area contributed by atoms with E-state index in [1.807, 2.05) is 12.1 Å². The molecule has 1 heterocycles. The van der Waals surface area contributed by atoms with Crippen molar-refractivity contribution in [2.75, 3.05) is 6.54 Å². The van der Waals surface area contributed by atoms with Crippen molar-refractivity contribution >= 4 is 11.6 Å². The predicted octanol–water partition coefficient (Wildman–Crippen LogP) is 3.27. The third-order valence-corrected chi connectivity index (χ3v) is 3.41. The molecule has 1 saturated heterocycles. The lowest BCUT2D eigenvalue weighted by molar-refractivity contribution is 0.326. The van der Waals surface area contributed by atoms with Gasteiger partial charge in [0, 0.05) is 11.1 Å². The maximum absolute atomic E-state index is 5.86. The maximum Gasteiger partial charge on any atom is 0.0406 e. The number of hydrogen-bond donors (Lipinski definition) is 1. The highest BCUT2D eigenvalue weighted by Gasteiger charge is 2.17. The fraction of sp³-hybridized carbons (Fsp3) is 0.538. The molecule has 1 aliphatic rings. The van der Waals surface area contributed by atoms with Gasteiger partial charge in [-0.1, -0.05) is 30.7 Å². The molecule has 0 bridgehead atoms. The molecule has 15 heavy (non-hydrogen) atoms. The standard InChI is InChI=1S/C13H18ClN/c1-10-2-7-13(15-9-10)8-11-3-5-12(14)6-4-11/h3-6,10,13,15H,2,7-9H2,1H3. The fourth-order valence-electron chi connectivity index (χ4n) is 2.14. The SMILES string of the molecule is CC1CCC(Cc2ccc(Cl)cc2)NC1. The number of halogens is 1. The summed E-state index contributed by atoms with van der Waals surface area (Å²) in [6.07, 6.45) is 3.78. The van der Waals surface area contributed by atoms with Crippen molar-refractivity contribution in [3.8, 4) is 0 Å². The van der Waals surface area contributed by atoms with Crippen LogP contribution in [0.3, 0.4) is 0 Å². The molecule has 2 atom stereocenters. The Morgan fingerprint density at radius 3 is 2.60 bits per heavy atom. The highest BCUT2D eigenvalue weighted by Crippen LogP contribution is 2.17. The van der Waals surface area contributed by atoms with E-state index in [0.717, 1.165) is 23.9 Å². The summed E-state index contributed by atoms with van der Waals surface area (Å²) in [5.41, 5.74) is 1.38. The van der Waals surface area contributed by atoms with Crippen molar-refractivity contribution in [1.29, 1.82) is 0 Å². The van der Waals surface area contributed by atoms with Crippen LogP contribution in [-0.4, -0.2) is 12.6 Å². The van der Waals surface area contributed by atoms with Crippen LogP contribution in [0.1, 0.15) is 25.3 Å². The van der Waals surface area contributed by atoms with Crippen LogP contribution in [0.25, 0.3) is 0 Å². The second-order valence-electron chi connectivity index (χ2n) is 4.62. The van der Waals surface area contributed by atoms with Gasteiger partial charge in [0.1, 0.15) is 0 Å². The molecular formula is C13H18ClN. The van der Waals surface area contributed by atoms with E-state index in [-0.39, 0.29) is 0 Å². The molecule has 2 rings (SSSR count). The van der Waals surface area contributed by atoms with Crippen LogP contribution >= 0.6 is 11.6 Å². The normalized spacial score (nSPS) is 26.5. The molecule has 1 nitrogen and oxygen atoms in total. The molecular weight excluding hydrogens is 206 g/mol. The molecule has 2 unspecified atom stereocenters. The Kier molecular flexibility index (Phi) is 3.66. The number of benzene rings is 1. The van der Waals surface area contributed by atoms with Gasteiger partial charge in [-0.25, -0.2) is 0 Å². The molecule has 1 fully saturated rings. The van der Waals surface area contributed by atoms with Gasteiger partial charge in [-0.3, -0.25) is 0 Å². The fourth-order valence-corrected chi connectivity index (χ4v) is 2.26. The van der Waals surface area contributed by atoms with E-state index in [1.54, 1.807) is 0 Å². The van der Waals surface area contributed by atoms with Crippen LogP contribution < -0.4 is 5.32 Å². The first kappa shape index (κ1) is 11.0. The van der Waals surface area contributed by atoms with Crippen molar-refractivity contribution in [2.24, 2.45) is 5.92 Å². The van der Waals surface area contributed by atoms with E-state index in [0.29, 0.717) is 6.04 Å². The Hall–Kier alpha value is -0.530. The maximum atomic E-state index is 5.86. The minimum atomic E-state index is 0.655. The van der Waals surface area contributed by atoms with Crippen LogP contribution in [0.2, 0.25) is 5.02 Å². The number of piperidine rings is 1. The van der Waals surface area contributed by atoms with E-state index < -0.39 is 0 Å². The Labute approximate surface area is 96.8 Å². The first-order valence-corrected chi connectivity index (χ1v) is 6.09. The van der Waals surface area contributed by atoms with Gasteiger partial charge in [-0.05, 0) is 49.4 Å². The third-order valence-electron chi connectivity index (χ3n) is 3.16. The molecule has 2 heteroatoms. The molecule has 0 aromatic heterocycles. The van der Waals surface area contributed by atoms with Crippen LogP contribution in [-0.2, 0) is 6.42 Å². The highest BCUT2D eigenvalue weighted by atomic mass is 35.5. The third kappa shape index (κ3) is 3.22. The van der Waals surface area contributed by atoms with Gasteiger partial charge in [-0.15, -0.1) is 0 Å². The molecule has 0 radical (unpaired) electrons. The van der Waals surface area contributed by atoms with Crippen molar-refractivity contribution in [1.82, 2.24) is 5.32 Å². The molecule has 82 valence electrons. The Morgan fingerprint density at radius 1 is 1.27 bits per heavy atom. The summed E-state index contributed by atoms with van der Waals surface area (Å²) in [5, 5.41) is 4.42. The van der Waals surface area contributed by atoms with Gasteiger partial charge in [0.15, 0.2) is 0 Å². The lowest BCUT2D eigenvalue weighted by Crippen LogP contribution is -2.39. The zero-order valence-electron chi connectivity index (χ0n) is 9.17. The van der Waals surface area contributed by atoms with E-state index in [4.69, 9.17) is 11.6 Å². The van der Waals surface area contributed by atoms with Gasteiger partial charge in [0.05, 0.1) is 0 Å². The van der Waals surface area contributed by atoms with Crippen LogP contribution in [0.5, 0.6) is 0 Å². The quantitative estimate of drug-likeness (QED) is 0.812. The monoisotopic (exact) mass is 223 g/mol. The smallest absolute Gasteiger partial charge is 0.0406 e. The van der Waals surface area contributed by atoms with E-state index in [2.05, 4.69) is 24.4 Å². The zero-order chi connectivity index (χ0) is 10.7. The Bertz CT molecular complexity index is 299. The summed E-state index contributed by atoms with van der Waals surface area (Å²) >= 11 is 5.86. The average Bonchev–Trinajstić information content (AvgIpc) is 2.25. The van der Waals surface area contributed by atoms with Crippen LogP contribution in [0, 0.1) is 5.92 Å². The molecule has 0 aliphatic carbocycles. The van der Waals surface area contributed by atoms with Crippen molar-refractivity contribution in [3.63, 3.8) is 0 Å². The molecule has 1 N–H and O–H groups in total. The van der Waals surface area contributed by atoms with Gasteiger partial charge in [0.25, 0.3) is 0 Å². The summed E-state index contributed by atoms with van der Waals surface area (Å²) in [6.45, 7) is 3.48. The van der Waals surface area contributed by atoms with Crippen molar-refractivity contribution in [2.45, 2.75) is 32.2 Å². The Morgan fingerprint density at radius 2 is 2.00 bits per heavy atom. The number of nitrogens with one attached hydrogen (secondary N) is 1. The second-order valence-corrected chi connectivity index (χ2v) is 5.05. The largest absolute Gasteiger partial charge is 0.313 e. The minimum Gasteiger partial charge on any atom is -0.313 e. The summed E-state index contributed by atoms with van der Waals surface area (Å²) in [6, 6.07) is 8.86. The predicted molar refractivity (Wildman–Crippen MR) is 65.3 cm³/mol. The average molecular weight is 224 g/mol. The van der Waals surface area contributed by atoms with Gasteiger partial charge in [-0.2, -0.15) is 0 Å². The minimum absolute atomic E-state index is 0.655. The molecule has 1 aromatic carbocycles. The molecule has 0 saturated carbocycles. The number of rotatable bonds is 2. The second kappa shape index (κ2) is 5.00. The van der Waals surface area contributed by atoms with Gasteiger partial charge in [0.2, 0.25) is 0 Å². The van der Waals surface area contributed by atoms with E-state index >= 15 is 0 Å². The van der Waals surface area contributed by atoms with Gasteiger partial charge >= 0.3 is 0 Å². The van der Waals surface area contributed by atoms with E-state index in [9.17, 15) is 0 Å². The lowest BCUT2D eigenvalue weighted by Gasteiger charge is -2.27.